The minimum Gasteiger partial charge on any atom is -0.396 e. The van der Waals surface area contributed by atoms with E-state index >= 15 is 0 Å². The first-order valence-electron chi connectivity index (χ1n) is 8.10. The van der Waals surface area contributed by atoms with Crippen molar-refractivity contribution in [2.45, 2.75) is 45.6 Å². The number of amides is 1. The van der Waals surface area contributed by atoms with Gasteiger partial charge in [-0.1, -0.05) is 26.8 Å². The number of nitrogens with one attached hydrogen (secondary N) is 1. The second-order valence-electron chi connectivity index (χ2n) is 5.93. The molecule has 1 unspecified atom stereocenters. The molecule has 24 heavy (non-hydrogen) atoms. The van der Waals surface area contributed by atoms with Crippen molar-refractivity contribution in [2.75, 3.05) is 6.61 Å². The second-order valence-corrected chi connectivity index (χ2v) is 5.93. The average molecular weight is 334 g/mol. The van der Waals surface area contributed by atoms with Gasteiger partial charge in [0.2, 0.25) is 5.82 Å². The number of hydrogen-bond donors (Lipinski definition) is 2. The summed E-state index contributed by atoms with van der Waals surface area (Å²) in [5, 5.41) is 16.1. The van der Waals surface area contributed by atoms with Crippen LogP contribution in [0, 0.1) is 5.82 Å². The molecule has 0 bridgehead atoms. The summed E-state index contributed by atoms with van der Waals surface area (Å²) in [6, 6.07) is 5.87. The summed E-state index contributed by atoms with van der Waals surface area (Å²) in [7, 11) is 0. The molecule has 1 heterocycles. The van der Waals surface area contributed by atoms with Crippen molar-refractivity contribution in [1.82, 2.24) is 20.1 Å². The van der Waals surface area contributed by atoms with Gasteiger partial charge in [-0.25, -0.2) is 14.1 Å². The topological polar surface area (TPSA) is 80.0 Å². The van der Waals surface area contributed by atoms with Gasteiger partial charge in [-0.05, 0) is 31.0 Å². The van der Waals surface area contributed by atoms with Crippen LogP contribution in [-0.4, -0.2) is 38.4 Å². The fourth-order valence-corrected chi connectivity index (χ4v) is 2.38. The fourth-order valence-electron chi connectivity index (χ4n) is 2.38. The molecule has 130 valence electrons. The number of aliphatic hydroxyl groups is 1. The molecule has 0 fully saturated rings. The van der Waals surface area contributed by atoms with E-state index in [4.69, 9.17) is 5.11 Å². The Kier molecular flexibility index (Phi) is 6.03. The SMILES string of the molecule is CCC(CCO)NC(=O)c1nc(C(C)C)n(-c2cccc(F)c2)n1. The highest BCUT2D eigenvalue weighted by atomic mass is 19.1. The molecule has 0 aliphatic carbocycles. The summed E-state index contributed by atoms with van der Waals surface area (Å²) in [5.41, 5.74) is 0.521. The average Bonchev–Trinajstić information content (AvgIpc) is 3.00. The molecule has 0 aliphatic rings. The van der Waals surface area contributed by atoms with E-state index in [1.807, 2.05) is 20.8 Å². The standard InChI is InChI=1S/C17H23FN4O2/c1-4-13(8-9-23)19-17(24)15-20-16(11(2)3)22(21-15)14-7-5-6-12(18)10-14/h5-7,10-11,13,23H,4,8-9H2,1-3H3,(H,19,24). The van der Waals surface area contributed by atoms with Crippen LogP contribution in [0.1, 0.15) is 56.0 Å². The summed E-state index contributed by atoms with van der Waals surface area (Å²) in [4.78, 5) is 16.7. The van der Waals surface area contributed by atoms with E-state index in [2.05, 4.69) is 15.4 Å². The Hall–Kier alpha value is -2.28. The minimum atomic E-state index is -0.396. The third-order valence-corrected chi connectivity index (χ3v) is 3.71. The van der Waals surface area contributed by atoms with E-state index in [9.17, 15) is 9.18 Å². The molecule has 2 rings (SSSR count). The highest BCUT2D eigenvalue weighted by Gasteiger charge is 2.21. The lowest BCUT2D eigenvalue weighted by atomic mass is 10.1. The van der Waals surface area contributed by atoms with E-state index < -0.39 is 5.91 Å². The van der Waals surface area contributed by atoms with Crippen molar-refractivity contribution < 1.29 is 14.3 Å². The molecule has 6 nitrogen and oxygen atoms in total. The monoisotopic (exact) mass is 334 g/mol. The minimum absolute atomic E-state index is 0.00118. The number of aliphatic hydroxyl groups excluding tert-OH is 1. The first-order chi connectivity index (χ1) is 11.5. The highest BCUT2D eigenvalue weighted by Crippen LogP contribution is 2.18. The molecular weight excluding hydrogens is 311 g/mol. The highest BCUT2D eigenvalue weighted by molar-refractivity contribution is 5.90. The van der Waals surface area contributed by atoms with E-state index in [1.54, 1.807) is 12.1 Å². The predicted molar refractivity (Wildman–Crippen MR) is 88.7 cm³/mol. The van der Waals surface area contributed by atoms with E-state index in [-0.39, 0.29) is 30.2 Å². The molecule has 2 aromatic rings. The van der Waals surface area contributed by atoms with Crippen molar-refractivity contribution in [2.24, 2.45) is 0 Å². The van der Waals surface area contributed by atoms with E-state index in [0.29, 0.717) is 24.4 Å². The molecule has 0 saturated carbocycles. The van der Waals surface area contributed by atoms with Crippen molar-refractivity contribution >= 4 is 5.91 Å². The van der Waals surface area contributed by atoms with Crippen LogP contribution in [0.4, 0.5) is 4.39 Å². The molecule has 7 heteroatoms. The number of aromatic nitrogens is 3. The summed E-state index contributed by atoms with van der Waals surface area (Å²) < 4.78 is 15.0. The molecule has 1 atom stereocenters. The van der Waals surface area contributed by atoms with Gasteiger partial charge in [0.1, 0.15) is 11.6 Å². The number of nitrogens with zero attached hydrogens (tertiary/aromatic N) is 3. The molecule has 0 radical (unpaired) electrons. The number of carbonyl (C=O) groups is 1. The quantitative estimate of drug-likeness (QED) is 0.815. The Balaban J connectivity index is 2.33. The lowest BCUT2D eigenvalue weighted by Crippen LogP contribution is -2.35. The Bertz CT molecular complexity index is 700. The van der Waals surface area contributed by atoms with Crippen molar-refractivity contribution in [3.05, 3.63) is 41.7 Å². The molecule has 1 amide bonds. The van der Waals surface area contributed by atoms with Gasteiger partial charge >= 0.3 is 0 Å². The Labute approximate surface area is 140 Å². The summed E-state index contributed by atoms with van der Waals surface area (Å²) in [6.45, 7) is 5.80. The van der Waals surface area contributed by atoms with Crippen LogP contribution in [0.25, 0.3) is 5.69 Å². The van der Waals surface area contributed by atoms with Crippen LogP contribution in [0.5, 0.6) is 0 Å². The largest absolute Gasteiger partial charge is 0.396 e. The van der Waals surface area contributed by atoms with Crippen molar-refractivity contribution in [3.8, 4) is 5.69 Å². The van der Waals surface area contributed by atoms with Crippen molar-refractivity contribution in [3.63, 3.8) is 0 Å². The van der Waals surface area contributed by atoms with Crippen molar-refractivity contribution in [1.29, 1.82) is 0 Å². The summed E-state index contributed by atoms with van der Waals surface area (Å²) in [5.74, 6) is -0.132. The molecule has 0 aliphatic heterocycles. The second kappa shape index (κ2) is 8.01. The molecular formula is C17H23FN4O2. The maximum Gasteiger partial charge on any atom is 0.291 e. The number of rotatable bonds is 7. The lowest BCUT2D eigenvalue weighted by molar-refractivity contribution is 0.0918. The van der Waals surface area contributed by atoms with Crippen LogP contribution in [0.2, 0.25) is 0 Å². The number of carbonyl (C=O) groups excluding carboxylic acids is 1. The number of halogens is 1. The molecule has 1 aromatic heterocycles. The Morgan fingerprint density at radius 2 is 2.17 bits per heavy atom. The zero-order valence-corrected chi connectivity index (χ0v) is 14.2. The molecule has 1 aromatic carbocycles. The van der Waals surface area contributed by atoms with Crippen LogP contribution in [0.15, 0.2) is 24.3 Å². The number of hydrogen-bond acceptors (Lipinski definition) is 4. The van der Waals surface area contributed by atoms with Crippen LogP contribution >= 0.6 is 0 Å². The third-order valence-electron chi connectivity index (χ3n) is 3.71. The predicted octanol–water partition coefficient (Wildman–Crippen LogP) is 2.42. The summed E-state index contributed by atoms with van der Waals surface area (Å²) >= 11 is 0. The van der Waals surface area contributed by atoms with Gasteiger partial charge in [0.25, 0.3) is 5.91 Å². The van der Waals surface area contributed by atoms with Crippen LogP contribution < -0.4 is 5.32 Å². The number of benzene rings is 1. The van der Waals surface area contributed by atoms with Gasteiger partial charge in [0.15, 0.2) is 0 Å². The Morgan fingerprint density at radius 1 is 1.42 bits per heavy atom. The molecule has 0 spiro atoms. The van der Waals surface area contributed by atoms with Gasteiger partial charge in [0.05, 0.1) is 5.69 Å². The van der Waals surface area contributed by atoms with Gasteiger partial charge in [-0.3, -0.25) is 4.79 Å². The Morgan fingerprint density at radius 3 is 2.75 bits per heavy atom. The first-order valence-corrected chi connectivity index (χ1v) is 8.10. The van der Waals surface area contributed by atoms with Crippen LogP contribution in [-0.2, 0) is 0 Å². The van der Waals surface area contributed by atoms with Gasteiger partial charge < -0.3 is 10.4 Å². The molecule has 2 N–H and O–H groups in total. The normalized spacial score (nSPS) is 12.4. The van der Waals surface area contributed by atoms with E-state index in [1.165, 1.54) is 16.8 Å². The maximum absolute atomic E-state index is 13.5. The van der Waals surface area contributed by atoms with Gasteiger partial charge in [0, 0.05) is 18.6 Å². The zero-order valence-electron chi connectivity index (χ0n) is 14.2. The lowest BCUT2D eigenvalue weighted by Gasteiger charge is -2.13. The summed E-state index contributed by atoms with van der Waals surface area (Å²) in [6.07, 6.45) is 1.18. The van der Waals surface area contributed by atoms with E-state index in [0.717, 1.165) is 0 Å². The zero-order chi connectivity index (χ0) is 17.7. The fraction of sp³-hybridized carbons (Fsp3) is 0.471. The van der Waals surface area contributed by atoms with Gasteiger partial charge in [-0.15, -0.1) is 5.10 Å². The third kappa shape index (κ3) is 4.17. The maximum atomic E-state index is 13.5. The first kappa shape index (κ1) is 18.1. The smallest absolute Gasteiger partial charge is 0.291 e. The van der Waals surface area contributed by atoms with Crippen LogP contribution in [0.3, 0.4) is 0 Å². The molecule has 0 saturated heterocycles. The van der Waals surface area contributed by atoms with Gasteiger partial charge in [-0.2, -0.15) is 0 Å².